The number of H-pyrrole nitrogens is 1. The summed E-state index contributed by atoms with van der Waals surface area (Å²) in [7, 11) is 0. The first-order chi connectivity index (χ1) is 5.95. The monoisotopic (exact) mass is 179 g/mol. The van der Waals surface area contributed by atoms with Gasteiger partial charge in [0, 0.05) is 25.1 Å². The Bertz CT molecular complexity index is 353. The third kappa shape index (κ3) is 0.791. The minimum absolute atomic E-state index is 0.998. The molecular formula is C8H9N3S+. The lowest BCUT2D eigenvalue weighted by atomic mass is 10.1. The minimum Gasteiger partial charge on any atom is -0.312 e. The molecule has 2 N–H and O–H groups in total. The summed E-state index contributed by atoms with van der Waals surface area (Å²) in [6.45, 7) is 2.08. The highest BCUT2D eigenvalue weighted by Gasteiger charge is 2.28. The fourth-order valence-electron chi connectivity index (χ4n) is 1.73. The van der Waals surface area contributed by atoms with Crippen LogP contribution < -0.4 is 10.3 Å². The summed E-state index contributed by atoms with van der Waals surface area (Å²) in [6.07, 6.45) is 1.11. The molecule has 1 radical (unpaired) electrons. The first kappa shape index (κ1) is 6.74. The third-order valence-electron chi connectivity index (χ3n) is 2.33. The summed E-state index contributed by atoms with van der Waals surface area (Å²) in [6, 6.07) is 0. The molecule has 0 amide bonds. The zero-order valence-electron chi connectivity index (χ0n) is 6.55. The number of nitrogens with zero attached hydrogens (tertiary/aromatic N) is 1. The van der Waals surface area contributed by atoms with Crippen molar-refractivity contribution in [2.45, 2.75) is 17.9 Å². The summed E-state index contributed by atoms with van der Waals surface area (Å²) in [5, 5.41) is 3.37. The number of thioether (sulfide) groups is 1. The summed E-state index contributed by atoms with van der Waals surface area (Å²) >= 11 is 1.73. The van der Waals surface area contributed by atoms with Crippen LogP contribution in [0.5, 0.6) is 0 Å². The molecule has 1 aromatic rings. The maximum atomic E-state index is 4.26. The standard InChI is InChI=1S/C8H9N3S/c1-2-9-3-5-6(1)11-8-7(5)12-4-10-8/h4,9,11H,1-3H2/q+1. The highest BCUT2D eigenvalue weighted by Crippen LogP contribution is 2.35. The van der Waals surface area contributed by atoms with E-state index in [0.29, 0.717) is 0 Å². The zero-order chi connectivity index (χ0) is 7.97. The number of aromatic amines is 1. The summed E-state index contributed by atoms with van der Waals surface area (Å²) in [5.74, 6) is 1.06. The maximum absolute atomic E-state index is 4.26. The molecule has 1 aromatic heterocycles. The Morgan fingerprint density at radius 3 is 3.50 bits per heavy atom. The van der Waals surface area contributed by atoms with Gasteiger partial charge in [-0.05, 0) is 16.8 Å². The first-order valence-electron chi connectivity index (χ1n) is 4.09. The van der Waals surface area contributed by atoms with Crippen LogP contribution in [0.25, 0.3) is 0 Å². The number of fused-ring (bicyclic) bond motifs is 3. The van der Waals surface area contributed by atoms with Crippen molar-refractivity contribution < 1.29 is 0 Å². The summed E-state index contributed by atoms with van der Waals surface area (Å²) in [4.78, 5) is 8.94. The Hall–Kier alpha value is -0.740. The Labute approximate surface area is 74.7 Å². The molecule has 0 saturated heterocycles. The van der Waals surface area contributed by atoms with Gasteiger partial charge in [-0.3, -0.25) is 0 Å². The van der Waals surface area contributed by atoms with Gasteiger partial charge in [-0.15, -0.1) is 0 Å². The van der Waals surface area contributed by atoms with Gasteiger partial charge in [0.1, 0.15) is 10.6 Å². The predicted molar refractivity (Wildman–Crippen MR) is 49.9 cm³/mol. The maximum Gasteiger partial charge on any atom is 0.336 e. The molecule has 3 nitrogen and oxygen atoms in total. The molecule has 0 bridgehead atoms. The zero-order valence-corrected chi connectivity index (χ0v) is 7.37. The Morgan fingerprint density at radius 2 is 2.50 bits per heavy atom. The lowest BCUT2D eigenvalue weighted by molar-refractivity contribution is 0.632. The largest absolute Gasteiger partial charge is 0.336 e. The number of nitrogens with one attached hydrogen (secondary N) is 2. The van der Waals surface area contributed by atoms with E-state index in [9.17, 15) is 0 Å². The van der Waals surface area contributed by atoms with Crippen LogP contribution in [0.15, 0.2) is 4.90 Å². The van der Waals surface area contributed by atoms with Crippen LogP contribution in [-0.4, -0.2) is 17.1 Å². The second kappa shape index (κ2) is 2.37. The summed E-state index contributed by atoms with van der Waals surface area (Å²) < 4.78 is 0. The molecule has 3 rings (SSSR count). The van der Waals surface area contributed by atoms with Crippen molar-refractivity contribution in [3.8, 4) is 0 Å². The molecule has 0 unspecified atom stereocenters. The topological polar surface area (TPSA) is 41.9 Å². The number of aliphatic imine (C=N–C) groups is 1. The van der Waals surface area contributed by atoms with Gasteiger partial charge < -0.3 is 5.32 Å². The molecule has 2 aliphatic heterocycles. The van der Waals surface area contributed by atoms with Crippen molar-refractivity contribution in [3.63, 3.8) is 0 Å². The van der Waals surface area contributed by atoms with E-state index in [0.717, 1.165) is 25.3 Å². The third-order valence-corrected chi connectivity index (χ3v) is 3.21. The van der Waals surface area contributed by atoms with Crippen LogP contribution in [-0.2, 0) is 13.0 Å². The molecule has 12 heavy (non-hydrogen) atoms. The average Bonchev–Trinajstić information content (AvgIpc) is 2.62. The van der Waals surface area contributed by atoms with E-state index in [-0.39, 0.29) is 0 Å². The molecule has 0 atom stereocenters. The van der Waals surface area contributed by atoms with Gasteiger partial charge >= 0.3 is 5.82 Å². The number of rotatable bonds is 0. The molecule has 61 valence electrons. The predicted octanol–water partition coefficient (Wildman–Crippen LogP) is 0.762. The molecule has 0 spiro atoms. The van der Waals surface area contributed by atoms with Gasteiger partial charge in [-0.2, -0.15) is 0 Å². The van der Waals surface area contributed by atoms with Crippen LogP contribution in [0.2, 0.25) is 0 Å². The number of hydrogen-bond donors (Lipinski definition) is 2. The van der Waals surface area contributed by atoms with Crippen molar-refractivity contribution in [1.29, 1.82) is 0 Å². The Morgan fingerprint density at radius 1 is 1.50 bits per heavy atom. The molecule has 3 heterocycles. The van der Waals surface area contributed by atoms with Crippen molar-refractivity contribution in [2.24, 2.45) is 0 Å². The van der Waals surface area contributed by atoms with E-state index < -0.39 is 0 Å². The van der Waals surface area contributed by atoms with Crippen molar-refractivity contribution in [3.05, 3.63) is 11.3 Å². The molecule has 2 aliphatic rings. The molecule has 0 aromatic carbocycles. The fourth-order valence-corrected chi connectivity index (χ4v) is 2.55. The quantitative estimate of drug-likeness (QED) is 0.617. The molecule has 0 fully saturated rings. The second-order valence-corrected chi connectivity index (χ2v) is 3.89. The Kier molecular flexibility index (Phi) is 1.33. The number of hydrogen-bond acceptors (Lipinski definition) is 3. The van der Waals surface area contributed by atoms with Gasteiger partial charge in [0.15, 0.2) is 5.55 Å². The minimum atomic E-state index is 0.998. The van der Waals surface area contributed by atoms with Gasteiger partial charge in [0.05, 0.1) is 0 Å². The van der Waals surface area contributed by atoms with Crippen molar-refractivity contribution >= 4 is 23.1 Å². The lowest BCUT2D eigenvalue weighted by Crippen LogP contribution is -2.23. The highest BCUT2D eigenvalue weighted by atomic mass is 32.2. The number of aromatic nitrogens is 1. The van der Waals surface area contributed by atoms with E-state index in [1.165, 1.54) is 16.2 Å². The fraction of sp³-hybridized carbons (Fsp3) is 0.375. The first-order valence-corrected chi connectivity index (χ1v) is 4.97. The average molecular weight is 179 g/mol. The van der Waals surface area contributed by atoms with Gasteiger partial charge in [-0.25, -0.2) is 4.98 Å². The van der Waals surface area contributed by atoms with E-state index >= 15 is 0 Å². The second-order valence-electron chi connectivity index (χ2n) is 3.04. The molecule has 4 heteroatoms. The lowest BCUT2D eigenvalue weighted by Gasteiger charge is -2.10. The SMILES string of the molecule is C1=[N+]c2[nH]c3c(c2S1)CNCC3. The van der Waals surface area contributed by atoms with Gasteiger partial charge in [0.25, 0.3) is 0 Å². The Balaban J connectivity index is 2.18. The van der Waals surface area contributed by atoms with E-state index in [1.807, 2.05) is 5.55 Å². The van der Waals surface area contributed by atoms with Crippen LogP contribution >= 0.6 is 11.8 Å². The van der Waals surface area contributed by atoms with Gasteiger partial charge in [0.2, 0.25) is 0 Å². The summed E-state index contributed by atoms with van der Waals surface area (Å²) in [5.41, 5.74) is 4.71. The molecule has 0 aliphatic carbocycles. The van der Waals surface area contributed by atoms with Crippen molar-refractivity contribution in [1.82, 2.24) is 15.3 Å². The van der Waals surface area contributed by atoms with E-state index in [1.54, 1.807) is 11.8 Å². The van der Waals surface area contributed by atoms with E-state index in [4.69, 9.17) is 0 Å². The van der Waals surface area contributed by atoms with Crippen LogP contribution in [0.4, 0.5) is 5.82 Å². The molecular weight excluding hydrogens is 170 g/mol. The normalized spacial score (nSPS) is 19.3. The van der Waals surface area contributed by atoms with Gasteiger partial charge in [-0.1, -0.05) is 0 Å². The van der Waals surface area contributed by atoms with Crippen LogP contribution in [0.1, 0.15) is 11.3 Å². The van der Waals surface area contributed by atoms with Crippen molar-refractivity contribution in [2.75, 3.05) is 6.54 Å². The van der Waals surface area contributed by atoms with Crippen LogP contribution in [0.3, 0.4) is 0 Å². The van der Waals surface area contributed by atoms with E-state index in [2.05, 4.69) is 15.3 Å². The smallest absolute Gasteiger partial charge is 0.312 e. The molecule has 0 saturated carbocycles. The van der Waals surface area contributed by atoms with Crippen LogP contribution in [0, 0.1) is 0 Å². The highest BCUT2D eigenvalue weighted by molar-refractivity contribution is 8.12.